The first-order valence-corrected chi connectivity index (χ1v) is 6.76. The summed E-state index contributed by atoms with van der Waals surface area (Å²) in [7, 11) is 1.74. The Morgan fingerprint density at radius 2 is 1.72 bits per heavy atom. The summed E-state index contributed by atoms with van der Waals surface area (Å²) in [6.07, 6.45) is 3.36. The molecule has 0 aliphatic rings. The first kappa shape index (κ1) is 15.0. The van der Waals surface area contributed by atoms with Gasteiger partial charge in [0.05, 0.1) is 6.61 Å². The van der Waals surface area contributed by atoms with Crippen molar-refractivity contribution in [1.82, 2.24) is 0 Å². The quantitative estimate of drug-likeness (QED) is 0.676. The van der Waals surface area contributed by atoms with Crippen molar-refractivity contribution in [3.63, 3.8) is 0 Å². The Labute approximate surface area is 111 Å². The van der Waals surface area contributed by atoms with E-state index >= 15 is 0 Å². The molecule has 0 heterocycles. The molecule has 0 fully saturated rings. The van der Waals surface area contributed by atoms with Crippen LogP contribution in [0, 0.1) is 0 Å². The fraction of sp³-hybridized carbons (Fsp3) is 0.625. The number of unbranched alkanes of at least 4 members (excludes halogenated alkanes) is 2. The van der Waals surface area contributed by atoms with Gasteiger partial charge in [0, 0.05) is 13.7 Å². The van der Waals surface area contributed by atoms with Crippen molar-refractivity contribution in [1.29, 1.82) is 0 Å². The van der Waals surface area contributed by atoms with E-state index in [-0.39, 0.29) is 5.41 Å². The van der Waals surface area contributed by atoms with E-state index in [1.54, 1.807) is 7.11 Å². The van der Waals surface area contributed by atoms with Crippen LogP contribution in [0.5, 0.6) is 5.75 Å². The highest BCUT2D eigenvalue weighted by Crippen LogP contribution is 2.25. The lowest BCUT2D eigenvalue weighted by atomic mass is 9.87. The topological polar surface area (TPSA) is 18.5 Å². The first-order chi connectivity index (χ1) is 8.54. The fourth-order valence-electron chi connectivity index (χ4n) is 1.77. The molecule has 0 saturated heterocycles. The number of hydrogen-bond acceptors (Lipinski definition) is 2. The normalized spacial score (nSPS) is 11.6. The minimum absolute atomic E-state index is 0.178. The van der Waals surface area contributed by atoms with E-state index in [0.717, 1.165) is 38.2 Å². The van der Waals surface area contributed by atoms with Crippen LogP contribution in [0.15, 0.2) is 24.3 Å². The van der Waals surface area contributed by atoms with Crippen LogP contribution in [0.2, 0.25) is 0 Å². The van der Waals surface area contributed by atoms with Gasteiger partial charge in [-0.25, -0.2) is 0 Å². The molecule has 0 aromatic heterocycles. The van der Waals surface area contributed by atoms with E-state index in [0.29, 0.717) is 0 Å². The summed E-state index contributed by atoms with van der Waals surface area (Å²) >= 11 is 0. The molecule has 0 radical (unpaired) electrons. The van der Waals surface area contributed by atoms with Crippen LogP contribution < -0.4 is 4.74 Å². The van der Waals surface area contributed by atoms with Crippen LogP contribution >= 0.6 is 0 Å². The molecule has 0 amide bonds. The highest BCUT2D eigenvalue weighted by molar-refractivity contribution is 5.32. The molecule has 1 aromatic rings. The average Bonchev–Trinajstić information content (AvgIpc) is 2.33. The van der Waals surface area contributed by atoms with E-state index in [1.807, 2.05) is 6.07 Å². The zero-order valence-electron chi connectivity index (χ0n) is 12.2. The maximum Gasteiger partial charge on any atom is 0.119 e. The van der Waals surface area contributed by atoms with Crippen molar-refractivity contribution in [2.45, 2.75) is 45.4 Å². The highest BCUT2D eigenvalue weighted by Gasteiger charge is 2.13. The monoisotopic (exact) mass is 250 g/mol. The van der Waals surface area contributed by atoms with Gasteiger partial charge in [0.2, 0.25) is 0 Å². The predicted molar refractivity (Wildman–Crippen MR) is 76.4 cm³/mol. The summed E-state index contributed by atoms with van der Waals surface area (Å²) in [5.41, 5.74) is 1.50. The van der Waals surface area contributed by atoms with Crippen molar-refractivity contribution < 1.29 is 9.47 Å². The second-order valence-electron chi connectivity index (χ2n) is 5.68. The predicted octanol–water partition coefficient (Wildman–Crippen LogP) is 4.18. The van der Waals surface area contributed by atoms with Gasteiger partial charge < -0.3 is 9.47 Å². The van der Waals surface area contributed by atoms with Crippen LogP contribution in [-0.2, 0) is 10.2 Å². The Bertz CT molecular complexity index is 339. The first-order valence-electron chi connectivity index (χ1n) is 6.76. The fourth-order valence-corrected chi connectivity index (χ4v) is 1.77. The smallest absolute Gasteiger partial charge is 0.119 e. The molecule has 0 unspecified atom stereocenters. The third-order valence-electron chi connectivity index (χ3n) is 2.96. The summed E-state index contributed by atoms with van der Waals surface area (Å²) in [6.45, 7) is 8.29. The number of rotatable bonds is 7. The molecule has 102 valence electrons. The zero-order chi connectivity index (χ0) is 13.4. The van der Waals surface area contributed by atoms with Crippen LogP contribution in [-0.4, -0.2) is 20.3 Å². The van der Waals surface area contributed by atoms with Gasteiger partial charge in [-0.3, -0.25) is 0 Å². The molecule has 2 heteroatoms. The summed E-state index contributed by atoms with van der Waals surface area (Å²) in [5.74, 6) is 0.981. The van der Waals surface area contributed by atoms with Gasteiger partial charge in [-0.1, -0.05) is 32.9 Å². The molecule has 0 N–H and O–H groups in total. The molecule has 0 atom stereocenters. The van der Waals surface area contributed by atoms with Gasteiger partial charge in [0.1, 0.15) is 5.75 Å². The van der Waals surface area contributed by atoms with Crippen molar-refractivity contribution in [2.24, 2.45) is 0 Å². The Kier molecular flexibility index (Phi) is 6.20. The van der Waals surface area contributed by atoms with Gasteiger partial charge in [-0.15, -0.1) is 0 Å². The van der Waals surface area contributed by atoms with Gasteiger partial charge in [0.25, 0.3) is 0 Å². The van der Waals surface area contributed by atoms with E-state index in [9.17, 15) is 0 Å². The van der Waals surface area contributed by atoms with Gasteiger partial charge >= 0.3 is 0 Å². The summed E-state index contributed by atoms with van der Waals surface area (Å²) < 4.78 is 10.8. The molecule has 0 bridgehead atoms. The van der Waals surface area contributed by atoms with Crippen molar-refractivity contribution in [3.05, 3.63) is 29.8 Å². The van der Waals surface area contributed by atoms with Crippen molar-refractivity contribution in [3.8, 4) is 5.75 Å². The molecule has 1 aromatic carbocycles. The standard InChI is InChI=1S/C16H26O2/c1-16(2,3)14-9-8-10-15(13-14)18-12-7-5-6-11-17-4/h8-10,13H,5-7,11-12H2,1-4H3. The van der Waals surface area contributed by atoms with Crippen LogP contribution in [0.3, 0.4) is 0 Å². The lowest BCUT2D eigenvalue weighted by Gasteiger charge is -2.19. The molecule has 0 spiro atoms. The van der Waals surface area contributed by atoms with Gasteiger partial charge in [-0.05, 0) is 42.4 Å². The third kappa shape index (κ3) is 5.54. The maximum atomic E-state index is 5.78. The lowest BCUT2D eigenvalue weighted by molar-refractivity contribution is 0.189. The van der Waals surface area contributed by atoms with Crippen LogP contribution in [0.4, 0.5) is 0 Å². The average molecular weight is 250 g/mol. The van der Waals surface area contributed by atoms with Crippen LogP contribution in [0.1, 0.15) is 45.6 Å². The lowest BCUT2D eigenvalue weighted by Crippen LogP contribution is -2.11. The second-order valence-corrected chi connectivity index (χ2v) is 5.68. The van der Waals surface area contributed by atoms with E-state index < -0.39 is 0 Å². The number of methoxy groups -OCH3 is 1. The summed E-state index contributed by atoms with van der Waals surface area (Å²) in [6, 6.07) is 8.41. The summed E-state index contributed by atoms with van der Waals surface area (Å²) in [4.78, 5) is 0. The molecule has 0 aliphatic heterocycles. The molecule has 1 rings (SSSR count). The van der Waals surface area contributed by atoms with Crippen molar-refractivity contribution >= 4 is 0 Å². The Hall–Kier alpha value is -1.02. The molecule has 2 nitrogen and oxygen atoms in total. The molecule has 0 saturated carbocycles. The van der Waals surface area contributed by atoms with Gasteiger partial charge in [0.15, 0.2) is 0 Å². The second kappa shape index (κ2) is 7.42. The third-order valence-corrected chi connectivity index (χ3v) is 2.96. The van der Waals surface area contributed by atoms with Gasteiger partial charge in [-0.2, -0.15) is 0 Å². The number of ether oxygens (including phenoxy) is 2. The Balaban J connectivity index is 2.34. The minimum Gasteiger partial charge on any atom is -0.494 e. The van der Waals surface area contributed by atoms with E-state index in [4.69, 9.17) is 9.47 Å². The number of benzene rings is 1. The maximum absolute atomic E-state index is 5.78. The van der Waals surface area contributed by atoms with E-state index in [2.05, 4.69) is 39.0 Å². The molecular weight excluding hydrogens is 224 g/mol. The number of hydrogen-bond donors (Lipinski definition) is 0. The summed E-state index contributed by atoms with van der Waals surface area (Å²) in [5, 5.41) is 0. The zero-order valence-corrected chi connectivity index (χ0v) is 12.2. The van der Waals surface area contributed by atoms with Crippen LogP contribution in [0.25, 0.3) is 0 Å². The highest BCUT2D eigenvalue weighted by atomic mass is 16.5. The SMILES string of the molecule is COCCCCCOc1cccc(C(C)(C)C)c1. The van der Waals surface area contributed by atoms with E-state index in [1.165, 1.54) is 5.56 Å². The minimum atomic E-state index is 0.178. The largest absolute Gasteiger partial charge is 0.494 e. The molecule has 18 heavy (non-hydrogen) atoms. The Morgan fingerprint density at radius 3 is 2.39 bits per heavy atom. The Morgan fingerprint density at radius 1 is 1.00 bits per heavy atom. The molecular formula is C16H26O2. The van der Waals surface area contributed by atoms with Crippen molar-refractivity contribution in [2.75, 3.05) is 20.3 Å². The molecule has 0 aliphatic carbocycles.